The van der Waals surface area contributed by atoms with Crippen LogP contribution in [-0.2, 0) is 14.8 Å². The van der Waals surface area contributed by atoms with E-state index in [-0.39, 0.29) is 35.4 Å². The molecule has 226 valence electrons. The highest BCUT2D eigenvalue weighted by Gasteiger charge is 2.34. The number of rotatable bonds is 6. The van der Waals surface area contributed by atoms with Gasteiger partial charge in [0.2, 0.25) is 10.0 Å². The number of ether oxygens (including phenoxy) is 1. The number of nitrogens with one attached hydrogen (secondary N) is 1. The number of fused-ring (bicyclic) bond motifs is 1. The van der Waals surface area contributed by atoms with Crippen LogP contribution in [0.4, 0.5) is 17.3 Å². The maximum Gasteiger partial charge on any atom is 0.256 e. The Morgan fingerprint density at radius 3 is 2.45 bits per heavy atom. The third-order valence-electron chi connectivity index (χ3n) is 8.16. The fourth-order valence-corrected chi connectivity index (χ4v) is 7.13. The number of aromatic nitrogens is 3. The Balaban J connectivity index is 1.39. The summed E-state index contributed by atoms with van der Waals surface area (Å²) in [5.74, 6) is 2.24. The van der Waals surface area contributed by atoms with Crippen molar-refractivity contribution in [2.75, 3.05) is 53.5 Å². The minimum Gasteiger partial charge on any atom is -0.372 e. The third-order valence-corrected chi connectivity index (χ3v) is 8.98. The zero-order valence-electron chi connectivity index (χ0n) is 24.5. The van der Waals surface area contributed by atoms with Crippen LogP contribution >= 0.6 is 11.6 Å². The van der Waals surface area contributed by atoms with Gasteiger partial charge in [0.25, 0.3) is 5.91 Å². The number of halogens is 1. The highest BCUT2D eigenvalue weighted by atomic mass is 35.5. The van der Waals surface area contributed by atoms with Gasteiger partial charge in [-0.05, 0) is 57.2 Å². The Labute approximate surface area is 251 Å². The third kappa shape index (κ3) is 5.89. The fourth-order valence-electron chi connectivity index (χ4n) is 6.38. The van der Waals surface area contributed by atoms with Crippen molar-refractivity contribution in [3.63, 3.8) is 0 Å². The molecule has 5 heterocycles. The molecule has 2 aromatic heterocycles. The van der Waals surface area contributed by atoms with Crippen LogP contribution in [0, 0.1) is 5.92 Å². The first-order chi connectivity index (χ1) is 19.9. The van der Waals surface area contributed by atoms with Crippen molar-refractivity contribution >= 4 is 50.5 Å². The minimum atomic E-state index is -3.60. The van der Waals surface area contributed by atoms with E-state index in [2.05, 4.69) is 41.4 Å². The van der Waals surface area contributed by atoms with Crippen molar-refractivity contribution < 1.29 is 17.9 Å². The van der Waals surface area contributed by atoms with E-state index in [0.29, 0.717) is 17.5 Å². The summed E-state index contributed by atoms with van der Waals surface area (Å²) in [6.45, 7) is 10.4. The second kappa shape index (κ2) is 11.2. The van der Waals surface area contributed by atoms with Crippen molar-refractivity contribution in [1.29, 1.82) is 0 Å². The van der Waals surface area contributed by atoms with Crippen LogP contribution in [0.2, 0.25) is 5.02 Å². The summed E-state index contributed by atoms with van der Waals surface area (Å²) in [5, 5.41) is 5.42. The molecule has 13 heteroatoms. The van der Waals surface area contributed by atoms with Gasteiger partial charge < -0.3 is 19.4 Å². The van der Waals surface area contributed by atoms with E-state index in [9.17, 15) is 13.2 Å². The maximum atomic E-state index is 14.0. The van der Waals surface area contributed by atoms with Crippen molar-refractivity contribution in [2.45, 2.75) is 58.3 Å². The van der Waals surface area contributed by atoms with Crippen LogP contribution in [-0.4, -0.2) is 85.0 Å². The number of carbonyl (C=O) groups is 1. The van der Waals surface area contributed by atoms with Gasteiger partial charge in [0, 0.05) is 49.9 Å². The molecule has 6 rings (SSSR count). The van der Waals surface area contributed by atoms with Crippen molar-refractivity contribution in [2.24, 2.45) is 5.92 Å². The van der Waals surface area contributed by atoms with Crippen LogP contribution in [0.3, 0.4) is 0 Å². The smallest absolute Gasteiger partial charge is 0.256 e. The Morgan fingerprint density at radius 2 is 1.76 bits per heavy atom. The van der Waals surface area contributed by atoms with Gasteiger partial charge in [-0.25, -0.2) is 13.4 Å². The Hall–Kier alpha value is -3.09. The molecule has 11 nitrogen and oxygen atoms in total. The topological polar surface area (TPSA) is 112 Å². The number of nitrogens with zero attached hydrogens (tertiary/aromatic N) is 6. The summed E-state index contributed by atoms with van der Waals surface area (Å²) in [6, 6.07) is 8.44. The standard InChI is InChI=1S/C29H38ClN7O4S/c1-18-14-34(15-18)26-13-28(35-16-19(2)41-20(3)17-35)37-27(31-26)12-24(32-37)25-7-5-6-10-36(25)29(38)22-11-21(30)8-9-23(22)33-42(4,39)40/h8-9,11-13,18-20,25,33H,5-7,10,14-17H2,1-4H3/t19-,20+,25-/m0/s1. The number of amides is 1. The molecular weight excluding hydrogens is 578 g/mol. The molecule has 3 atom stereocenters. The predicted molar refractivity (Wildman–Crippen MR) is 164 cm³/mol. The minimum absolute atomic E-state index is 0.0818. The molecule has 0 saturated carbocycles. The molecule has 1 N–H and O–H groups in total. The molecular formula is C29H38ClN7O4S. The summed E-state index contributed by atoms with van der Waals surface area (Å²) in [7, 11) is -3.60. The lowest BCUT2D eigenvalue weighted by Crippen LogP contribution is -2.47. The van der Waals surface area contributed by atoms with Crippen molar-refractivity contribution in [3.8, 4) is 0 Å². The Kier molecular flexibility index (Phi) is 7.73. The molecule has 3 aliphatic heterocycles. The Bertz CT molecular complexity index is 1600. The average Bonchev–Trinajstić information content (AvgIpc) is 3.34. The van der Waals surface area contributed by atoms with Crippen LogP contribution in [0.15, 0.2) is 30.3 Å². The molecule has 1 amide bonds. The summed E-state index contributed by atoms with van der Waals surface area (Å²) in [4.78, 5) is 25.4. The highest BCUT2D eigenvalue weighted by Crippen LogP contribution is 2.36. The van der Waals surface area contributed by atoms with E-state index >= 15 is 0 Å². The maximum absolute atomic E-state index is 14.0. The molecule has 3 aliphatic rings. The van der Waals surface area contributed by atoms with Crippen LogP contribution in [0.25, 0.3) is 5.65 Å². The quantitative estimate of drug-likeness (QED) is 0.439. The fraction of sp³-hybridized carbons (Fsp3) is 0.552. The largest absolute Gasteiger partial charge is 0.372 e. The number of benzene rings is 1. The van der Waals surface area contributed by atoms with Crippen LogP contribution in [0.5, 0.6) is 0 Å². The molecule has 3 fully saturated rings. The van der Waals surface area contributed by atoms with Crippen LogP contribution in [0.1, 0.15) is 62.1 Å². The molecule has 3 aromatic rings. The van der Waals surface area contributed by atoms with E-state index in [0.717, 1.165) is 74.7 Å². The number of anilines is 3. The van der Waals surface area contributed by atoms with E-state index in [1.54, 1.807) is 11.0 Å². The number of sulfonamides is 1. The first-order valence-corrected chi connectivity index (χ1v) is 16.9. The van der Waals surface area contributed by atoms with Gasteiger partial charge >= 0.3 is 0 Å². The number of carbonyl (C=O) groups excluding carboxylic acids is 1. The van der Waals surface area contributed by atoms with Gasteiger partial charge in [-0.3, -0.25) is 9.52 Å². The summed E-state index contributed by atoms with van der Waals surface area (Å²) in [5.41, 5.74) is 1.93. The molecule has 0 spiro atoms. The average molecular weight is 616 g/mol. The van der Waals surface area contributed by atoms with Gasteiger partial charge in [0.1, 0.15) is 11.6 Å². The predicted octanol–water partition coefficient (Wildman–Crippen LogP) is 4.19. The monoisotopic (exact) mass is 615 g/mol. The first-order valence-electron chi connectivity index (χ1n) is 14.6. The van der Waals surface area contributed by atoms with Gasteiger partial charge in [0.15, 0.2) is 5.65 Å². The van der Waals surface area contributed by atoms with E-state index < -0.39 is 10.0 Å². The number of hydrogen-bond acceptors (Lipinski definition) is 8. The molecule has 3 saturated heterocycles. The van der Waals surface area contributed by atoms with Crippen molar-refractivity contribution in [3.05, 3.63) is 46.6 Å². The normalized spacial score (nSPS) is 23.7. The summed E-state index contributed by atoms with van der Waals surface area (Å²) in [6.07, 6.45) is 3.75. The lowest BCUT2D eigenvalue weighted by Gasteiger charge is -2.40. The first kappa shape index (κ1) is 29.0. The highest BCUT2D eigenvalue weighted by molar-refractivity contribution is 7.92. The van der Waals surface area contributed by atoms with E-state index in [1.165, 1.54) is 12.1 Å². The molecule has 0 bridgehead atoms. The second-order valence-corrected chi connectivity index (χ2v) is 14.2. The SMILES string of the molecule is CC1CN(c2cc(N3C[C@@H](C)O[C@@H](C)C3)n3nc([C@@H]4CCCCN4C(=O)c4cc(Cl)ccc4NS(C)(=O)=O)cc3n2)C1. The number of hydrogen-bond donors (Lipinski definition) is 1. The molecule has 1 aromatic carbocycles. The van der Waals surface area contributed by atoms with Crippen molar-refractivity contribution in [1.82, 2.24) is 19.5 Å². The second-order valence-electron chi connectivity index (χ2n) is 12.1. The van der Waals surface area contributed by atoms with Gasteiger partial charge in [-0.15, -0.1) is 0 Å². The van der Waals surface area contributed by atoms with E-state index in [1.807, 2.05) is 10.6 Å². The number of morpholine rings is 1. The van der Waals surface area contributed by atoms with E-state index in [4.69, 9.17) is 26.4 Å². The number of likely N-dealkylation sites (tertiary alicyclic amines) is 1. The zero-order chi connectivity index (χ0) is 29.8. The van der Waals surface area contributed by atoms with Crippen LogP contribution < -0.4 is 14.5 Å². The number of piperidine rings is 1. The molecule has 42 heavy (non-hydrogen) atoms. The summed E-state index contributed by atoms with van der Waals surface area (Å²) >= 11 is 6.27. The molecule has 0 radical (unpaired) electrons. The molecule has 0 unspecified atom stereocenters. The van der Waals surface area contributed by atoms with Gasteiger partial charge in [0.05, 0.1) is 41.5 Å². The summed E-state index contributed by atoms with van der Waals surface area (Å²) < 4.78 is 34.5. The lowest BCUT2D eigenvalue weighted by molar-refractivity contribution is -0.00558. The molecule has 0 aliphatic carbocycles. The zero-order valence-corrected chi connectivity index (χ0v) is 26.0. The lowest BCUT2D eigenvalue weighted by atomic mass is 9.98. The Morgan fingerprint density at radius 1 is 1.02 bits per heavy atom. The van der Waals surface area contributed by atoms with Gasteiger partial charge in [-0.1, -0.05) is 18.5 Å². The van der Waals surface area contributed by atoms with Gasteiger partial charge in [-0.2, -0.15) is 9.61 Å².